The van der Waals surface area contributed by atoms with Gasteiger partial charge in [0.1, 0.15) is 5.54 Å². The first-order valence-corrected chi connectivity index (χ1v) is 7.00. The molecule has 0 aromatic rings. The molecule has 0 spiro atoms. The first-order chi connectivity index (χ1) is 8.60. The van der Waals surface area contributed by atoms with Crippen LogP contribution in [0.4, 0.5) is 0 Å². The Balaban J connectivity index is 1.70. The second-order valence-electron chi connectivity index (χ2n) is 6.00. The van der Waals surface area contributed by atoms with Gasteiger partial charge in [-0.25, -0.2) is 0 Å². The van der Waals surface area contributed by atoms with Crippen molar-refractivity contribution in [2.24, 2.45) is 5.73 Å². The number of carbonyl (C=O) groups is 1. The van der Waals surface area contributed by atoms with Gasteiger partial charge in [-0.05, 0) is 38.5 Å². The molecule has 4 atom stereocenters. The second kappa shape index (κ2) is 4.47. The van der Waals surface area contributed by atoms with Crippen LogP contribution in [0.5, 0.6) is 0 Å². The first-order valence-electron chi connectivity index (χ1n) is 7.00. The van der Waals surface area contributed by atoms with E-state index in [1.807, 2.05) is 0 Å². The van der Waals surface area contributed by atoms with Crippen LogP contribution in [0, 0.1) is 0 Å². The highest BCUT2D eigenvalue weighted by atomic mass is 16.5. The molecule has 1 heterocycles. The van der Waals surface area contributed by atoms with Crippen LogP contribution in [-0.2, 0) is 9.53 Å². The molecule has 3 rings (SSSR count). The number of ether oxygens (including phenoxy) is 1. The standard InChI is InChI=1S/C13H22N2O3/c14-13(12(16)17)5-4-9(8-13)15-6-7-18-11-3-1-2-10(11)15/h9-11H,1-8,14H2,(H,16,17). The van der Waals surface area contributed by atoms with Crippen molar-refractivity contribution in [2.45, 2.75) is 62.3 Å². The van der Waals surface area contributed by atoms with Gasteiger partial charge in [0.2, 0.25) is 0 Å². The monoisotopic (exact) mass is 254 g/mol. The maximum atomic E-state index is 11.2. The van der Waals surface area contributed by atoms with Crippen molar-refractivity contribution in [1.82, 2.24) is 4.90 Å². The third-order valence-electron chi connectivity index (χ3n) is 4.94. The molecular formula is C13H22N2O3. The minimum Gasteiger partial charge on any atom is -0.480 e. The molecule has 18 heavy (non-hydrogen) atoms. The minimum atomic E-state index is -1.00. The van der Waals surface area contributed by atoms with E-state index in [1.54, 1.807) is 0 Å². The number of aliphatic carboxylic acids is 1. The molecule has 2 saturated carbocycles. The molecule has 5 heteroatoms. The molecule has 102 valence electrons. The van der Waals surface area contributed by atoms with Crippen LogP contribution in [0.15, 0.2) is 0 Å². The molecule has 3 aliphatic rings. The van der Waals surface area contributed by atoms with Gasteiger partial charge in [-0.2, -0.15) is 0 Å². The smallest absolute Gasteiger partial charge is 0.323 e. The summed E-state index contributed by atoms with van der Waals surface area (Å²) in [7, 11) is 0. The van der Waals surface area contributed by atoms with Crippen LogP contribution in [-0.4, -0.2) is 52.9 Å². The molecule has 0 radical (unpaired) electrons. The third-order valence-corrected chi connectivity index (χ3v) is 4.94. The largest absolute Gasteiger partial charge is 0.480 e. The van der Waals surface area contributed by atoms with E-state index in [0.29, 0.717) is 31.0 Å². The average molecular weight is 254 g/mol. The van der Waals surface area contributed by atoms with Crippen molar-refractivity contribution in [3.63, 3.8) is 0 Å². The number of hydrogen-bond donors (Lipinski definition) is 2. The van der Waals surface area contributed by atoms with Crippen molar-refractivity contribution in [2.75, 3.05) is 13.2 Å². The van der Waals surface area contributed by atoms with E-state index in [-0.39, 0.29) is 0 Å². The Bertz CT molecular complexity index is 349. The number of rotatable bonds is 2. The Hall–Kier alpha value is -0.650. The lowest BCUT2D eigenvalue weighted by Crippen LogP contribution is -2.54. The average Bonchev–Trinajstić information content (AvgIpc) is 2.95. The number of carboxylic acids is 1. The highest BCUT2D eigenvalue weighted by Crippen LogP contribution is 2.37. The van der Waals surface area contributed by atoms with Gasteiger partial charge in [-0.15, -0.1) is 0 Å². The van der Waals surface area contributed by atoms with Gasteiger partial charge >= 0.3 is 5.97 Å². The van der Waals surface area contributed by atoms with E-state index >= 15 is 0 Å². The molecule has 3 N–H and O–H groups in total. The fourth-order valence-corrected chi connectivity index (χ4v) is 3.94. The first kappa shape index (κ1) is 12.4. The number of fused-ring (bicyclic) bond motifs is 1. The van der Waals surface area contributed by atoms with Gasteiger partial charge in [0.25, 0.3) is 0 Å². The lowest BCUT2D eigenvalue weighted by molar-refractivity contribution is -0.143. The molecule has 1 aliphatic heterocycles. The van der Waals surface area contributed by atoms with E-state index in [0.717, 1.165) is 26.0 Å². The molecule has 5 nitrogen and oxygen atoms in total. The van der Waals surface area contributed by atoms with Gasteiger partial charge in [0, 0.05) is 18.6 Å². The summed E-state index contributed by atoms with van der Waals surface area (Å²) in [6, 6.07) is 0.834. The number of hydrogen-bond acceptors (Lipinski definition) is 4. The van der Waals surface area contributed by atoms with Gasteiger partial charge in [-0.1, -0.05) is 0 Å². The Morgan fingerprint density at radius 3 is 2.94 bits per heavy atom. The summed E-state index contributed by atoms with van der Waals surface area (Å²) in [6.07, 6.45) is 6.04. The van der Waals surface area contributed by atoms with Crippen LogP contribution in [0.1, 0.15) is 38.5 Å². The summed E-state index contributed by atoms with van der Waals surface area (Å²) in [5, 5.41) is 9.21. The van der Waals surface area contributed by atoms with Crippen LogP contribution >= 0.6 is 0 Å². The summed E-state index contributed by atoms with van der Waals surface area (Å²) in [4.78, 5) is 13.7. The summed E-state index contributed by atoms with van der Waals surface area (Å²) >= 11 is 0. The zero-order valence-corrected chi connectivity index (χ0v) is 10.7. The van der Waals surface area contributed by atoms with Crippen LogP contribution in [0.3, 0.4) is 0 Å². The molecule has 4 unspecified atom stereocenters. The summed E-state index contributed by atoms with van der Waals surface area (Å²) < 4.78 is 5.80. The molecule has 0 aromatic carbocycles. The van der Waals surface area contributed by atoms with Crippen molar-refractivity contribution in [3.8, 4) is 0 Å². The quantitative estimate of drug-likeness (QED) is 0.753. The molecule has 3 fully saturated rings. The maximum Gasteiger partial charge on any atom is 0.323 e. The van der Waals surface area contributed by atoms with Crippen molar-refractivity contribution in [1.29, 1.82) is 0 Å². The second-order valence-corrected chi connectivity index (χ2v) is 6.00. The number of morpholine rings is 1. The Morgan fingerprint density at radius 2 is 2.22 bits per heavy atom. The van der Waals surface area contributed by atoms with E-state index in [4.69, 9.17) is 10.5 Å². The summed E-state index contributed by atoms with van der Waals surface area (Å²) in [6.45, 7) is 1.71. The van der Waals surface area contributed by atoms with Gasteiger partial charge in [0.05, 0.1) is 12.7 Å². The van der Waals surface area contributed by atoms with Crippen molar-refractivity contribution in [3.05, 3.63) is 0 Å². The third kappa shape index (κ3) is 1.94. The molecule has 0 amide bonds. The predicted molar refractivity (Wildman–Crippen MR) is 66.3 cm³/mol. The van der Waals surface area contributed by atoms with Crippen LogP contribution < -0.4 is 5.73 Å². The fourth-order valence-electron chi connectivity index (χ4n) is 3.94. The van der Waals surface area contributed by atoms with E-state index in [1.165, 1.54) is 12.8 Å². The number of nitrogens with zero attached hydrogens (tertiary/aromatic N) is 1. The zero-order valence-electron chi connectivity index (χ0n) is 10.7. The van der Waals surface area contributed by atoms with Gasteiger partial charge in [-0.3, -0.25) is 9.69 Å². The highest BCUT2D eigenvalue weighted by molar-refractivity contribution is 5.79. The maximum absolute atomic E-state index is 11.2. The number of carboxylic acid groups (broad SMARTS) is 1. The van der Waals surface area contributed by atoms with E-state index in [2.05, 4.69) is 4.90 Å². The molecular weight excluding hydrogens is 232 g/mol. The minimum absolute atomic E-state index is 0.334. The molecule has 2 aliphatic carbocycles. The number of nitrogens with two attached hydrogens (primary N) is 1. The zero-order chi connectivity index (χ0) is 12.8. The van der Waals surface area contributed by atoms with E-state index < -0.39 is 11.5 Å². The Labute approximate surface area is 107 Å². The normalized spacial score (nSPS) is 45.1. The molecule has 0 aromatic heterocycles. The molecule has 1 saturated heterocycles. The summed E-state index contributed by atoms with van der Waals surface area (Å²) in [5.74, 6) is -0.846. The van der Waals surface area contributed by atoms with Crippen molar-refractivity contribution < 1.29 is 14.6 Å². The lowest BCUT2D eigenvalue weighted by atomic mass is 9.98. The molecule has 0 bridgehead atoms. The Kier molecular flexibility index (Phi) is 3.08. The SMILES string of the molecule is NC1(C(=O)O)CCC(N2CCOC3CCCC32)C1. The Morgan fingerprint density at radius 1 is 1.39 bits per heavy atom. The predicted octanol–water partition coefficient (Wildman–Crippen LogP) is 0.574. The lowest BCUT2D eigenvalue weighted by Gasteiger charge is -2.41. The van der Waals surface area contributed by atoms with Gasteiger partial charge < -0.3 is 15.6 Å². The highest BCUT2D eigenvalue weighted by Gasteiger charge is 2.47. The van der Waals surface area contributed by atoms with Crippen molar-refractivity contribution >= 4 is 5.97 Å². The van der Waals surface area contributed by atoms with E-state index in [9.17, 15) is 9.90 Å². The van der Waals surface area contributed by atoms with Crippen LogP contribution in [0.2, 0.25) is 0 Å². The fraction of sp³-hybridized carbons (Fsp3) is 0.923. The summed E-state index contributed by atoms with van der Waals surface area (Å²) in [5.41, 5.74) is 4.98. The topological polar surface area (TPSA) is 75.8 Å². The van der Waals surface area contributed by atoms with Gasteiger partial charge in [0.15, 0.2) is 0 Å². The van der Waals surface area contributed by atoms with Crippen LogP contribution in [0.25, 0.3) is 0 Å².